The van der Waals surface area contributed by atoms with E-state index in [9.17, 15) is 0 Å². The first-order chi connectivity index (χ1) is 6.40. The van der Waals surface area contributed by atoms with E-state index in [1.807, 2.05) is 0 Å². The lowest BCUT2D eigenvalue weighted by Crippen LogP contribution is -1.93. The largest absolute Gasteiger partial charge is 0.384 e. The minimum absolute atomic E-state index is 0.122. The van der Waals surface area contributed by atoms with Crippen LogP contribution in [-0.2, 0) is 0 Å². The quantitative estimate of drug-likeness (QED) is 0.637. The SMILES string of the molecule is OCC#Cc1ccnc(C2CC2)n1. The fraction of sp³-hybridized carbons (Fsp3) is 0.400. The Morgan fingerprint density at radius 1 is 1.54 bits per heavy atom. The highest BCUT2D eigenvalue weighted by Crippen LogP contribution is 2.37. The zero-order chi connectivity index (χ0) is 9.10. The number of aliphatic hydroxyl groups excluding tert-OH is 1. The monoisotopic (exact) mass is 174 g/mol. The molecule has 0 spiro atoms. The molecule has 0 aliphatic heterocycles. The van der Waals surface area contributed by atoms with Crippen molar-refractivity contribution < 1.29 is 5.11 Å². The fourth-order valence-corrected chi connectivity index (χ4v) is 1.11. The lowest BCUT2D eigenvalue weighted by Gasteiger charge is -1.95. The Labute approximate surface area is 76.8 Å². The molecule has 0 saturated heterocycles. The third-order valence-corrected chi connectivity index (χ3v) is 1.91. The summed E-state index contributed by atoms with van der Waals surface area (Å²) in [6.45, 7) is -0.122. The second kappa shape index (κ2) is 3.55. The highest BCUT2D eigenvalue weighted by atomic mass is 16.2. The van der Waals surface area contributed by atoms with Gasteiger partial charge in [0.05, 0.1) is 0 Å². The van der Waals surface area contributed by atoms with Crippen LogP contribution in [-0.4, -0.2) is 21.7 Å². The van der Waals surface area contributed by atoms with Gasteiger partial charge in [-0.05, 0) is 24.8 Å². The molecule has 0 atom stereocenters. The van der Waals surface area contributed by atoms with Crippen molar-refractivity contribution in [3.8, 4) is 11.8 Å². The van der Waals surface area contributed by atoms with Gasteiger partial charge < -0.3 is 5.11 Å². The van der Waals surface area contributed by atoms with E-state index in [1.54, 1.807) is 12.3 Å². The van der Waals surface area contributed by atoms with Gasteiger partial charge in [0.15, 0.2) is 0 Å². The fourth-order valence-electron chi connectivity index (χ4n) is 1.11. The van der Waals surface area contributed by atoms with Crippen LogP contribution in [0.25, 0.3) is 0 Å². The smallest absolute Gasteiger partial charge is 0.132 e. The number of hydrogen-bond acceptors (Lipinski definition) is 3. The molecular weight excluding hydrogens is 164 g/mol. The van der Waals surface area contributed by atoms with E-state index in [1.165, 1.54) is 12.8 Å². The zero-order valence-corrected chi connectivity index (χ0v) is 7.20. The number of aromatic nitrogens is 2. The predicted molar refractivity (Wildman–Crippen MR) is 48.0 cm³/mol. The van der Waals surface area contributed by atoms with E-state index in [-0.39, 0.29) is 6.61 Å². The van der Waals surface area contributed by atoms with Gasteiger partial charge in [0, 0.05) is 12.1 Å². The van der Waals surface area contributed by atoms with Crippen molar-refractivity contribution in [1.29, 1.82) is 0 Å². The van der Waals surface area contributed by atoms with Gasteiger partial charge in [0.25, 0.3) is 0 Å². The second-order valence-electron chi connectivity index (χ2n) is 3.03. The molecule has 0 bridgehead atoms. The topological polar surface area (TPSA) is 46.0 Å². The van der Waals surface area contributed by atoms with Gasteiger partial charge in [-0.1, -0.05) is 5.92 Å². The van der Waals surface area contributed by atoms with E-state index in [0.717, 1.165) is 5.82 Å². The Morgan fingerprint density at radius 2 is 2.38 bits per heavy atom. The maximum absolute atomic E-state index is 8.50. The number of hydrogen-bond donors (Lipinski definition) is 1. The van der Waals surface area contributed by atoms with Gasteiger partial charge in [-0.2, -0.15) is 0 Å². The van der Waals surface area contributed by atoms with Crippen LogP contribution in [0.4, 0.5) is 0 Å². The molecule has 1 aromatic heterocycles. The summed E-state index contributed by atoms with van der Waals surface area (Å²) in [5, 5.41) is 8.50. The van der Waals surface area contributed by atoms with Crippen LogP contribution in [0.3, 0.4) is 0 Å². The molecule has 0 aromatic carbocycles. The molecule has 1 aromatic rings. The summed E-state index contributed by atoms with van der Waals surface area (Å²) in [7, 11) is 0. The minimum atomic E-state index is -0.122. The summed E-state index contributed by atoms with van der Waals surface area (Å²) in [6.07, 6.45) is 4.11. The second-order valence-corrected chi connectivity index (χ2v) is 3.03. The van der Waals surface area contributed by atoms with Crippen LogP contribution in [0, 0.1) is 11.8 Å². The van der Waals surface area contributed by atoms with E-state index >= 15 is 0 Å². The number of aliphatic hydroxyl groups is 1. The van der Waals surface area contributed by atoms with Gasteiger partial charge >= 0.3 is 0 Å². The Balaban J connectivity index is 2.21. The summed E-state index contributed by atoms with van der Waals surface area (Å²) < 4.78 is 0. The molecule has 1 fully saturated rings. The molecule has 1 aliphatic carbocycles. The van der Waals surface area contributed by atoms with Crippen molar-refractivity contribution in [2.75, 3.05) is 6.61 Å². The molecule has 0 amide bonds. The van der Waals surface area contributed by atoms with Gasteiger partial charge in [0.2, 0.25) is 0 Å². The lowest BCUT2D eigenvalue weighted by molar-refractivity contribution is 0.350. The van der Waals surface area contributed by atoms with E-state index in [4.69, 9.17) is 5.11 Å². The maximum atomic E-state index is 8.50. The van der Waals surface area contributed by atoms with Gasteiger partial charge in [-0.3, -0.25) is 0 Å². The molecule has 66 valence electrons. The third kappa shape index (κ3) is 2.04. The van der Waals surface area contributed by atoms with Crippen molar-refractivity contribution in [3.63, 3.8) is 0 Å². The highest BCUT2D eigenvalue weighted by molar-refractivity contribution is 5.27. The van der Waals surface area contributed by atoms with Crippen LogP contribution in [0.1, 0.15) is 30.3 Å². The summed E-state index contributed by atoms with van der Waals surface area (Å²) in [6, 6.07) is 1.76. The Bertz CT molecular complexity index is 361. The van der Waals surface area contributed by atoms with Gasteiger partial charge in [-0.25, -0.2) is 9.97 Å². The molecular formula is C10H10N2O. The first-order valence-corrected chi connectivity index (χ1v) is 4.33. The minimum Gasteiger partial charge on any atom is -0.384 e. The van der Waals surface area contributed by atoms with Crippen LogP contribution in [0.5, 0.6) is 0 Å². The number of rotatable bonds is 1. The van der Waals surface area contributed by atoms with E-state index in [0.29, 0.717) is 11.6 Å². The van der Waals surface area contributed by atoms with Crippen molar-refractivity contribution in [1.82, 2.24) is 9.97 Å². The zero-order valence-electron chi connectivity index (χ0n) is 7.20. The van der Waals surface area contributed by atoms with E-state index < -0.39 is 0 Å². The van der Waals surface area contributed by atoms with Crippen LogP contribution < -0.4 is 0 Å². The summed E-state index contributed by atoms with van der Waals surface area (Å²) in [4.78, 5) is 8.44. The lowest BCUT2D eigenvalue weighted by atomic mass is 10.3. The van der Waals surface area contributed by atoms with Crippen molar-refractivity contribution in [2.24, 2.45) is 0 Å². The molecule has 1 saturated carbocycles. The average Bonchev–Trinajstić information content (AvgIpc) is 2.98. The third-order valence-electron chi connectivity index (χ3n) is 1.91. The number of nitrogens with zero attached hydrogens (tertiary/aromatic N) is 2. The maximum Gasteiger partial charge on any atom is 0.132 e. The van der Waals surface area contributed by atoms with Gasteiger partial charge in [0.1, 0.15) is 18.1 Å². The first kappa shape index (κ1) is 8.21. The van der Waals surface area contributed by atoms with Crippen molar-refractivity contribution in [2.45, 2.75) is 18.8 Å². The molecule has 1 aliphatic rings. The highest BCUT2D eigenvalue weighted by Gasteiger charge is 2.26. The standard InChI is InChI=1S/C10H10N2O/c13-7-1-2-9-5-6-11-10(12-9)8-3-4-8/h5-6,8,13H,3-4,7H2. The molecule has 1 N–H and O–H groups in total. The average molecular weight is 174 g/mol. The predicted octanol–water partition coefficient (Wildman–Crippen LogP) is 0.698. The van der Waals surface area contributed by atoms with E-state index in [2.05, 4.69) is 21.8 Å². The van der Waals surface area contributed by atoms with Crippen LogP contribution >= 0.6 is 0 Å². The van der Waals surface area contributed by atoms with Crippen molar-refractivity contribution in [3.05, 3.63) is 23.8 Å². The van der Waals surface area contributed by atoms with Crippen LogP contribution in [0.15, 0.2) is 12.3 Å². The summed E-state index contributed by atoms with van der Waals surface area (Å²) >= 11 is 0. The Morgan fingerprint density at radius 3 is 3.08 bits per heavy atom. The van der Waals surface area contributed by atoms with Crippen LogP contribution in [0.2, 0.25) is 0 Å². The Hall–Kier alpha value is -1.40. The molecule has 3 heteroatoms. The van der Waals surface area contributed by atoms with Gasteiger partial charge in [-0.15, -0.1) is 0 Å². The molecule has 1 heterocycles. The Kier molecular flexibility index (Phi) is 2.24. The normalized spacial score (nSPS) is 14.8. The first-order valence-electron chi connectivity index (χ1n) is 4.33. The molecule has 3 nitrogen and oxygen atoms in total. The summed E-state index contributed by atoms with van der Waals surface area (Å²) in [5.74, 6) is 6.78. The molecule has 13 heavy (non-hydrogen) atoms. The summed E-state index contributed by atoms with van der Waals surface area (Å²) in [5.41, 5.74) is 0.700. The molecule has 0 radical (unpaired) electrons. The molecule has 2 rings (SSSR count). The molecule has 0 unspecified atom stereocenters. The van der Waals surface area contributed by atoms with Crippen molar-refractivity contribution >= 4 is 0 Å².